The Kier molecular flexibility index (Phi) is 4.27. The molecule has 0 aliphatic heterocycles. The number of nitrogens with zero attached hydrogens (tertiary/aromatic N) is 2. The maximum Gasteiger partial charge on any atom is 0.199 e. The summed E-state index contributed by atoms with van der Waals surface area (Å²) in [5.41, 5.74) is 2.02. The van der Waals surface area contributed by atoms with Crippen molar-refractivity contribution in [3.8, 4) is 11.4 Å². The highest BCUT2D eigenvalue weighted by Gasteiger charge is 2.10. The van der Waals surface area contributed by atoms with E-state index in [1.165, 1.54) is 0 Å². The second kappa shape index (κ2) is 6.34. The van der Waals surface area contributed by atoms with E-state index in [0.717, 1.165) is 11.3 Å². The van der Waals surface area contributed by atoms with Crippen molar-refractivity contribution in [2.45, 2.75) is 13.5 Å². The third-order valence-electron chi connectivity index (χ3n) is 3.20. The van der Waals surface area contributed by atoms with E-state index in [9.17, 15) is 0 Å². The largest absolute Gasteiger partial charge is 0.484 e. The van der Waals surface area contributed by atoms with Gasteiger partial charge in [-0.25, -0.2) is 0 Å². The third kappa shape index (κ3) is 3.05. The van der Waals surface area contributed by atoms with Crippen molar-refractivity contribution < 1.29 is 4.74 Å². The lowest BCUT2D eigenvalue weighted by atomic mass is 10.2. The molecular formula is C16H14ClN3OS. The summed E-state index contributed by atoms with van der Waals surface area (Å²) in [5, 5.41) is 7.61. The van der Waals surface area contributed by atoms with Crippen LogP contribution in [0.3, 0.4) is 0 Å². The minimum Gasteiger partial charge on any atom is -0.484 e. The van der Waals surface area contributed by atoms with E-state index in [4.69, 9.17) is 28.6 Å². The Morgan fingerprint density at radius 2 is 2.00 bits per heavy atom. The molecule has 0 spiro atoms. The number of rotatable bonds is 4. The Labute approximate surface area is 138 Å². The highest BCUT2D eigenvalue weighted by molar-refractivity contribution is 7.71. The standard InChI is InChI=1S/C16H14ClN3OS/c1-11-7-8-13(17)14(9-11)21-10-15-18-19-16(22)20(15)12-5-3-2-4-6-12/h2-9H,10H2,1H3,(H,19,22). The lowest BCUT2D eigenvalue weighted by molar-refractivity contribution is 0.293. The van der Waals surface area contributed by atoms with Crippen molar-refractivity contribution in [1.29, 1.82) is 0 Å². The van der Waals surface area contributed by atoms with Crippen LogP contribution in [0.5, 0.6) is 5.75 Å². The van der Waals surface area contributed by atoms with Crippen LogP contribution in [-0.2, 0) is 6.61 Å². The molecule has 0 saturated heterocycles. The zero-order chi connectivity index (χ0) is 15.5. The Hall–Kier alpha value is -2.11. The van der Waals surface area contributed by atoms with E-state index in [-0.39, 0.29) is 6.61 Å². The maximum atomic E-state index is 6.14. The number of hydrogen-bond donors (Lipinski definition) is 1. The number of aryl methyl sites for hydroxylation is 1. The van der Waals surface area contributed by atoms with Gasteiger partial charge < -0.3 is 4.74 Å². The highest BCUT2D eigenvalue weighted by atomic mass is 35.5. The molecule has 3 rings (SSSR count). The summed E-state index contributed by atoms with van der Waals surface area (Å²) in [5.74, 6) is 1.32. The number of ether oxygens (including phenoxy) is 1. The van der Waals surface area contributed by atoms with Gasteiger partial charge in [-0.15, -0.1) is 0 Å². The predicted molar refractivity (Wildman–Crippen MR) is 89.3 cm³/mol. The second-order valence-electron chi connectivity index (χ2n) is 4.84. The number of aromatic nitrogens is 3. The average Bonchev–Trinajstić information content (AvgIpc) is 2.90. The maximum absolute atomic E-state index is 6.14. The molecule has 0 amide bonds. The Bertz CT molecular complexity index is 842. The van der Waals surface area contributed by atoms with Gasteiger partial charge in [-0.1, -0.05) is 35.9 Å². The van der Waals surface area contributed by atoms with Gasteiger partial charge in [0.2, 0.25) is 0 Å². The monoisotopic (exact) mass is 331 g/mol. The van der Waals surface area contributed by atoms with Gasteiger partial charge >= 0.3 is 0 Å². The quantitative estimate of drug-likeness (QED) is 0.717. The summed E-state index contributed by atoms with van der Waals surface area (Å²) in [6.45, 7) is 2.26. The zero-order valence-corrected chi connectivity index (χ0v) is 13.5. The first kappa shape index (κ1) is 14.8. The molecule has 0 aliphatic carbocycles. The number of nitrogens with one attached hydrogen (secondary N) is 1. The number of benzene rings is 2. The zero-order valence-electron chi connectivity index (χ0n) is 11.9. The van der Waals surface area contributed by atoms with Crippen LogP contribution in [0.15, 0.2) is 48.5 Å². The van der Waals surface area contributed by atoms with E-state index in [2.05, 4.69) is 10.2 Å². The molecular weight excluding hydrogens is 318 g/mol. The van der Waals surface area contributed by atoms with E-state index >= 15 is 0 Å². The van der Waals surface area contributed by atoms with Crippen molar-refractivity contribution in [2.75, 3.05) is 0 Å². The van der Waals surface area contributed by atoms with Crippen molar-refractivity contribution in [3.05, 3.63) is 69.7 Å². The molecule has 0 radical (unpaired) electrons. The number of hydrogen-bond acceptors (Lipinski definition) is 3. The molecule has 112 valence electrons. The summed E-state index contributed by atoms with van der Waals surface area (Å²) in [6.07, 6.45) is 0. The second-order valence-corrected chi connectivity index (χ2v) is 5.63. The van der Waals surface area contributed by atoms with Crippen molar-refractivity contribution in [1.82, 2.24) is 14.8 Å². The first-order valence-electron chi connectivity index (χ1n) is 6.76. The van der Waals surface area contributed by atoms with Gasteiger partial charge in [0.25, 0.3) is 0 Å². The molecule has 0 bridgehead atoms. The lowest BCUT2D eigenvalue weighted by Gasteiger charge is -2.10. The van der Waals surface area contributed by atoms with Crippen LogP contribution in [0.2, 0.25) is 5.02 Å². The fourth-order valence-electron chi connectivity index (χ4n) is 2.13. The summed E-state index contributed by atoms with van der Waals surface area (Å²) in [6, 6.07) is 15.4. The van der Waals surface area contributed by atoms with Gasteiger partial charge in [0, 0.05) is 5.69 Å². The molecule has 3 aromatic rings. The van der Waals surface area contributed by atoms with Crippen molar-refractivity contribution in [3.63, 3.8) is 0 Å². The molecule has 0 fully saturated rings. The molecule has 0 unspecified atom stereocenters. The molecule has 0 aliphatic rings. The van der Waals surface area contributed by atoms with Gasteiger partial charge in [0.1, 0.15) is 12.4 Å². The number of aromatic amines is 1. The van der Waals surface area contributed by atoms with E-state index in [1.54, 1.807) is 0 Å². The van der Waals surface area contributed by atoms with Gasteiger partial charge in [-0.05, 0) is 49.0 Å². The Morgan fingerprint density at radius 3 is 2.77 bits per heavy atom. The van der Waals surface area contributed by atoms with Gasteiger partial charge in [-0.3, -0.25) is 9.67 Å². The summed E-state index contributed by atoms with van der Waals surface area (Å²) in [4.78, 5) is 0. The molecule has 1 aromatic heterocycles. The smallest absolute Gasteiger partial charge is 0.199 e. The first-order chi connectivity index (χ1) is 10.6. The van der Waals surface area contributed by atoms with Crippen LogP contribution in [0.4, 0.5) is 0 Å². The molecule has 22 heavy (non-hydrogen) atoms. The predicted octanol–water partition coefficient (Wildman–Crippen LogP) is 4.47. The number of halogens is 1. The molecule has 2 aromatic carbocycles. The molecule has 6 heteroatoms. The van der Waals surface area contributed by atoms with E-state index in [0.29, 0.717) is 21.4 Å². The Balaban J connectivity index is 1.88. The lowest BCUT2D eigenvalue weighted by Crippen LogP contribution is -2.06. The van der Waals surface area contributed by atoms with E-state index in [1.807, 2.05) is 60.0 Å². The summed E-state index contributed by atoms with van der Waals surface area (Å²) >= 11 is 11.4. The third-order valence-corrected chi connectivity index (χ3v) is 3.79. The van der Waals surface area contributed by atoms with Crippen LogP contribution in [0.1, 0.15) is 11.4 Å². The molecule has 0 atom stereocenters. The van der Waals surface area contributed by atoms with Crippen LogP contribution >= 0.6 is 23.8 Å². The summed E-state index contributed by atoms with van der Waals surface area (Å²) in [7, 11) is 0. The SMILES string of the molecule is Cc1ccc(Cl)c(OCc2n[nH]c(=S)n2-c2ccccc2)c1. The fourth-order valence-corrected chi connectivity index (χ4v) is 2.56. The van der Waals surface area contributed by atoms with Crippen LogP contribution in [0.25, 0.3) is 5.69 Å². The molecule has 1 heterocycles. The van der Waals surface area contributed by atoms with Gasteiger partial charge in [0.05, 0.1) is 5.02 Å². The average molecular weight is 332 g/mol. The minimum absolute atomic E-state index is 0.269. The molecule has 1 N–H and O–H groups in total. The fraction of sp³-hybridized carbons (Fsp3) is 0.125. The van der Waals surface area contributed by atoms with Crippen molar-refractivity contribution in [2.24, 2.45) is 0 Å². The van der Waals surface area contributed by atoms with E-state index < -0.39 is 0 Å². The van der Waals surface area contributed by atoms with Crippen molar-refractivity contribution >= 4 is 23.8 Å². The number of para-hydroxylation sites is 1. The Morgan fingerprint density at radius 1 is 1.23 bits per heavy atom. The topological polar surface area (TPSA) is 42.8 Å². The minimum atomic E-state index is 0.269. The normalized spacial score (nSPS) is 10.6. The van der Waals surface area contributed by atoms with Gasteiger partial charge in [0.15, 0.2) is 10.6 Å². The van der Waals surface area contributed by atoms with Crippen LogP contribution in [0, 0.1) is 11.7 Å². The van der Waals surface area contributed by atoms with Gasteiger partial charge in [-0.2, -0.15) is 5.10 Å². The summed E-state index contributed by atoms with van der Waals surface area (Å²) < 4.78 is 8.17. The molecule has 0 saturated carbocycles. The van der Waals surface area contributed by atoms with Crippen LogP contribution in [-0.4, -0.2) is 14.8 Å². The first-order valence-corrected chi connectivity index (χ1v) is 7.54. The highest BCUT2D eigenvalue weighted by Crippen LogP contribution is 2.26. The van der Waals surface area contributed by atoms with Crippen LogP contribution < -0.4 is 4.74 Å². The number of H-pyrrole nitrogens is 1. The molecule has 4 nitrogen and oxygen atoms in total.